The van der Waals surface area contributed by atoms with Crippen molar-refractivity contribution in [1.82, 2.24) is 14.7 Å². The van der Waals surface area contributed by atoms with E-state index in [1.807, 2.05) is 6.20 Å². The van der Waals surface area contributed by atoms with Gasteiger partial charge in [0.05, 0.1) is 5.69 Å². The van der Waals surface area contributed by atoms with Gasteiger partial charge in [0, 0.05) is 37.9 Å². The van der Waals surface area contributed by atoms with Gasteiger partial charge in [0.1, 0.15) is 0 Å². The van der Waals surface area contributed by atoms with Gasteiger partial charge < -0.3 is 5.73 Å². The Morgan fingerprint density at radius 2 is 2.22 bits per heavy atom. The Balaban J connectivity index is 2.04. The largest absolute Gasteiger partial charge is 0.327 e. The van der Waals surface area contributed by atoms with E-state index in [1.54, 1.807) is 0 Å². The van der Waals surface area contributed by atoms with Crippen molar-refractivity contribution >= 4 is 0 Å². The first-order valence-corrected chi connectivity index (χ1v) is 6.90. The van der Waals surface area contributed by atoms with Crippen LogP contribution < -0.4 is 5.73 Å². The van der Waals surface area contributed by atoms with Gasteiger partial charge in [0.25, 0.3) is 0 Å². The molecule has 2 N–H and O–H groups in total. The van der Waals surface area contributed by atoms with Gasteiger partial charge >= 0.3 is 0 Å². The number of aromatic nitrogens is 2. The molecule has 1 saturated heterocycles. The van der Waals surface area contributed by atoms with E-state index in [4.69, 9.17) is 5.73 Å². The second-order valence-electron chi connectivity index (χ2n) is 6.46. The molecule has 2 rings (SSSR count). The smallest absolute Gasteiger partial charge is 0.0527 e. The van der Waals surface area contributed by atoms with Crippen LogP contribution in [0, 0.1) is 5.41 Å². The summed E-state index contributed by atoms with van der Waals surface area (Å²) in [6.07, 6.45) is 2.99. The van der Waals surface area contributed by atoms with Gasteiger partial charge in [-0.3, -0.25) is 9.58 Å². The van der Waals surface area contributed by atoms with Crippen LogP contribution in [-0.2, 0) is 6.54 Å². The summed E-state index contributed by atoms with van der Waals surface area (Å²) in [4.78, 5) is 2.50. The third-order valence-corrected chi connectivity index (χ3v) is 4.02. The SMILES string of the molecule is CC(C)n1nccc1CN1CCC(N)C(C)(C)C1. The van der Waals surface area contributed by atoms with E-state index in [1.165, 1.54) is 5.69 Å². The highest BCUT2D eigenvalue weighted by molar-refractivity contribution is 5.03. The van der Waals surface area contributed by atoms with Crippen molar-refractivity contribution in [3.8, 4) is 0 Å². The zero-order valence-corrected chi connectivity index (χ0v) is 12.1. The average Bonchev–Trinajstić information content (AvgIpc) is 2.71. The molecular weight excluding hydrogens is 224 g/mol. The maximum absolute atomic E-state index is 6.18. The van der Waals surface area contributed by atoms with Crippen LogP contribution in [0.3, 0.4) is 0 Å². The minimum atomic E-state index is 0.209. The average molecular weight is 250 g/mol. The van der Waals surface area contributed by atoms with Gasteiger partial charge in [0.15, 0.2) is 0 Å². The summed E-state index contributed by atoms with van der Waals surface area (Å²) in [5, 5.41) is 4.40. The van der Waals surface area contributed by atoms with Gasteiger partial charge in [-0.15, -0.1) is 0 Å². The third kappa shape index (κ3) is 2.75. The van der Waals surface area contributed by atoms with E-state index in [2.05, 4.69) is 48.4 Å². The van der Waals surface area contributed by atoms with E-state index in [0.29, 0.717) is 12.1 Å². The fourth-order valence-corrected chi connectivity index (χ4v) is 2.78. The molecule has 0 spiro atoms. The monoisotopic (exact) mass is 250 g/mol. The lowest BCUT2D eigenvalue weighted by atomic mass is 9.80. The Morgan fingerprint density at radius 3 is 2.83 bits per heavy atom. The maximum Gasteiger partial charge on any atom is 0.0527 e. The summed E-state index contributed by atoms with van der Waals surface area (Å²) < 4.78 is 2.11. The van der Waals surface area contributed by atoms with Crippen LogP contribution in [0.4, 0.5) is 0 Å². The molecular formula is C14H26N4. The number of rotatable bonds is 3. The van der Waals surface area contributed by atoms with Crippen LogP contribution in [0.25, 0.3) is 0 Å². The van der Waals surface area contributed by atoms with E-state index >= 15 is 0 Å². The lowest BCUT2D eigenvalue weighted by Crippen LogP contribution is -2.52. The van der Waals surface area contributed by atoms with Crippen LogP contribution in [0.2, 0.25) is 0 Å². The van der Waals surface area contributed by atoms with Crippen molar-refractivity contribution in [3.63, 3.8) is 0 Å². The molecule has 1 aromatic heterocycles. The molecule has 1 unspecified atom stereocenters. The highest BCUT2D eigenvalue weighted by Gasteiger charge is 2.33. The third-order valence-electron chi connectivity index (χ3n) is 4.02. The second-order valence-corrected chi connectivity index (χ2v) is 6.46. The van der Waals surface area contributed by atoms with Crippen molar-refractivity contribution in [2.24, 2.45) is 11.1 Å². The van der Waals surface area contributed by atoms with Crippen molar-refractivity contribution < 1.29 is 0 Å². The number of hydrogen-bond acceptors (Lipinski definition) is 3. The first-order valence-electron chi connectivity index (χ1n) is 6.90. The van der Waals surface area contributed by atoms with E-state index in [-0.39, 0.29) is 5.41 Å². The molecule has 1 aromatic rings. The second kappa shape index (κ2) is 5.02. The van der Waals surface area contributed by atoms with Crippen LogP contribution in [0.1, 0.15) is 45.9 Å². The molecule has 4 heteroatoms. The van der Waals surface area contributed by atoms with Gasteiger partial charge in [-0.25, -0.2) is 0 Å². The van der Waals surface area contributed by atoms with Crippen molar-refractivity contribution in [2.75, 3.05) is 13.1 Å². The number of nitrogens with zero attached hydrogens (tertiary/aromatic N) is 3. The Bertz CT molecular complexity index is 394. The lowest BCUT2D eigenvalue weighted by Gasteiger charge is -2.42. The molecule has 0 radical (unpaired) electrons. The molecule has 102 valence electrons. The molecule has 0 bridgehead atoms. The molecule has 1 fully saturated rings. The number of nitrogens with two attached hydrogens (primary N) is 1. The lowest BCUT2D eigenvalue weighted by molar-refractivity contribution is 0.0874. The summed E-state index contributed by atoms with van der Waals surface area (Å²) >= 11 is 0. The molecule has 2 heterocycles. The molecule has 18 heavy (non-hydrogen) atoms. The summed E-state index contributed by atoms with van der Waals surface area (Å²) in [5.41, 5.74) is 7.69. The Kier molecular flexibility index (Phi) is 3.78. The van der Waals surface area contributed by atoms with Gasteiger partial charge in [-0.2, -0.15) is 5.10 Å². The minimum Gasteiger partial charge on any atom is -0.327 e. The maximum atomic E-state index is 6.18. The normalized spacial score (nSPS) is 24.7. The van der Waals surface area contributed by atoms with Gasteiger partial charge in [-0.1, -0.05) is 13.8 Å². The van der Waals surface area contributed by atoms with Gasteiger partial charge in [-0.05, 0) is 31.7 Å². The van der Waals surface area contributed by atoms with Crippen molar-refractivity contribution in [3.05, 3.63) is 18.0 Å². The predicted molar refractivity (Wildman–Crippen MR) is 74.3 cm³/mol. The fraction of sp³-hybridized carbons (Fsp3) is 0.786. The Morgan fingerprint density at radius 1 is 1.50 bits per heavy atom. The van der Waals surface area contributed by atoms with Crippen LogP contribution in [0.5, 0.6) is 0 Å². The zero-order valence-electron chi connectivity index (χ0n) is 12.1. The summed E-state index contributed by atoms with van der Waals surface area (Å²) in [6.45, 7) is 12.0. The highest BCUT2D eigenvalue weighted by atomic mass is 15.3. The van der Waals surface area contributed by atoms with Crippen molar-refractivity contribution in [1.29, 1.82) is 0 Å². The van der Waals surface area contributed by atoms with Crippen molar-refractivity contribution in [2.45, 2.75) is 52.7 Å². The first kappa shape index (κ1) is 13.6. The van der Waals surface area contributed by atoms with E-state index < -0.39 is 0 Å². The van der Waals surface area contributed by atoms with Crippen LogP contribution in [0.15, 0.2) is 12.3 Å². The first-order chi connectivity index (χ1) is 8.40. The standard InChI is InChI=1S/C14H26N4/c1-11(2)18-12(5-7-16-18)9-17-8-6-13(15)14(3,4)10-17/h5,7,11,13H,6,8-10,15H2,1-4H3. The van der Waals surface area contributed by atoms with Gasteiger partial charge in [0.2, 0.25) is 0 Å². The molecule has 4 nitrogen and oxygen atoms in total. The summed E-state index contributed by atoms with van der Waals surface area (Å²) in [6, 6.07) is 2.88. The van der Waals surface area contributed by atoms with Crippen LogP contribution >= 0.6 is 0 Å². The van der Waals surface area contributed by atoms with Crippen LogP contribution in [-0.4, -0.2) is 33.8 Å². The Labute approximate surface area is 110 Å². The topological polar surface area (TPSA) is 47.1 Å². The quantitative estimate of drug-likeness (QED) is 0.893. The molecule has 1 aliphatic heterocycles. The molecule has 0 aliphatic carbocycles. The van der Waals surface area contributed by atoms with E-state index in [0.717, 1.165) is 26.1 Å². The molecule has 1 aliphatic rings. The number of hydrogen-bond donors (Lipinski definition) is 1. The summed E-state index contributed by atoms with van der Waals surface area (Å²) in [7, 11) is 0. The Hall–Kier alpha value is -0.870. The highest BCUT2D eigenvalue weighted by Crippen LogP contribution is 2.28. The molecule has 1 atom stereocenters. The fourth-order valence-electron chi connectivity index (χ4n) is 2.78. The summed E-state index contributed by atoms with van der Waals surface area (Å²) in [5.74, 6) is 0. The van der Waals surface area contributed by atoms with E-state index in [9.17, 15) is 0 Å². The molecule has 0 saturated carbocycles. The number of piperidine rings is 1. The molecule has 0 aromatic carbocycles. The minimum absolute atomic E-state index is 0.209. The zero-order chi connectivity index (χ0) is 13.3. The predicted octanol–water partition coefficient (Wildman–Crippen LogP) is 2.02. The number of likely N-dealkylation sites (tertiary alicyclic amines) is 1. The molecule has 0 amide bonds.